The average molecular weight is 185 g/mol. The van der Waals surface area contributed by atoms with Gasteiger partial charge in [-0.15, -0.1) is 0 Å². The molecule has 1 heterocycles. The monoisotopic (exact) mass is 185 g/mol. The van der Waals surface area contributed by atoms with E-state index in [-0.39, 0.29) is 5.78 Å². The molecule has 0 spiro atoms. The predicted molar refractivity (Wildman–Crippen MR) is 55.7 cm³/mol. The Balaban J connectivity index is 2.47. The summed E-state index contributed by atoms with van der Waals surface area (Å²) in [4.78, 5) is 15.0. The van der Waals surface area contributed by atoms with Gasteiger partial charge in [0.05, 0.1) is 0 Å². The molecule has 2 heteroatoms. The van der Waals surface area contributed by atoms with Crippen molar-refractivity contribution in [2.75, 3.05) is 0 Å². The van der Waals surface area contributed by atoms with Gasteiger partial charge in [-0.1, -0.05) is 18.2 Å². The SMILES string of the molecule is Cc1cccc2c3c([nH]c12)CCC3=O. The summed E-state index contributed by atoms with van der Waals surface area (Å²) in [5.74, 6) is 0.289. The molecule has 2 aromatic rings. The number of nitrogens with one attached hydrogen (secondary N) is 1. The van der Waals surface area contributed by atoms with Crippen LogP contribution in [-0.2, 0) is 6.42 Å². The van der Waals surface area contributed by atoms with E-state index in [4.69, 9.17) is 0 Å². The van der Waals surface area contributed by atoms with Crippen LogP contribution in [0.15, 0.2) is 18.2 Å². The summed E-state index contributed by atoms with van der Waals surface area (Å²) in [7, 11) is 0. The molecule has 1 aromatic carbocycles. The van der Waals surface area contributed by atoms with Gasteiger partial charge < -0.3 is 4.98 Å². The van der Waals surface area contributed by atoms with Crippen molar-refractivity contribution in [1.82, 2.24) is 4.98 Å². The molecule has 0 radical (unpaired) electrons. The zero-order chi connectivity index (χ0) is 9.71. The largest absolute Gasteiger partial charge is 0.358 e. The lowest BCUT2D eigenvalue weighted by atomic mass is 10.1. The minimum atomic E-state index is 0.289. The molecular weight excluding hydrogens is 174 g/mol. The summed E-state index contributed by atoms with van der Waals surface area (Å²) in [6, 6.07) is 6.11. The van der Waals surface area contributed by atoms with E-state index in [1.165, 1.54) is 5.56 Å². The summed E-state index contributed by atoms with van der Waals surface area (Å²) in [6.07, 6.45) is 1.55. The molecule has 1 aliphatic carbocycles. The Morgan fingerprint density at radius 3 is 3.00 bits per heavy atom. The van der Waals surface area contributed by atoms with E-state index in [1.807, 2.05) is 12.1 Å². The van der Waals surface area contributed by atoms with Crippen molar-refractivity contribution in [3.63, 3.8) is 0 Å². The molecule has 14 heavy (non-hydrogen) atoms. The van der Waals surface area contributed by atoms with Gasteiger partial charge in [0, 0.05) is 28.6 Å². The molecule has 0 unspecified atom stereocenters. The topological polar surface area (TPSA) is 32.9 Å². The van der Waals surface area contributed by atoms with Gasteiger partial charge in [-0.25, -0.2) is 0 Å². The van der Waals surface area contributed by atoms with Crippen LogP contribution >= 0.6 is 0 Å². The average Bonchev–Trinajstić information content (AvgIpc) is 2.68. The number of hydrogen-bond acceptors (Lipinski definition) is 1. The number of hydrogen-bond donors (Lipinski definition) is 1. The van der Waals surface area contributed by atoms with Crippen molar-refractivity contribution in [3.05, 3.63) is 35.0 Å². The smallest absolute Gasteiger partial charge is 0.165 e. The Hall–Kier alpha value is -1.57. The van der Waals surface area contributed by atoms with Crippen LogP contribution in [0, 0.1) is 6.92 Å². The molecule has 0 bridgehead atoms. The second-order valence-electron chi connectivity index (χ2n) is 3.90. The first-order valence-electron chi connectivity index (χ1n) is 4.91. The van der Waals surface area contributed by atoms with Gasteiger partial charge in [0.25, 0.3) is 0 Å². The van der Waals surface area contributed by atoms with Gasteiger partial charge in [-0.2, -0.15) is 0 Å². The molecule has 70 valence electrons. The van der Waals surface area contributed by atoms with Crippen LogP contribution in [-0.4, -0.2) is 10.8 Å². The Kier molecular flexibility index (Phi) is 1.38. The van der Waals surface area contributed by atoms with Crippen molar-refractivity contribution < 1.29 is 4.79 Å². The first kappa shape index (κ1) is 7.80. The van der Waals surface area contributed by atoms with Crippen LogP contribution in [0.25, 0.3) is 10.9 Å². The fourth-order valence-electron chi connectivity index (χ4n) is 2.29. The lowest BCUT2D eigenvalue weighted by molar-refractivity contribution is 0.0996. The number of para-hydroxylation sites is 1. The Morgan fingerprint density at radius 1 is 1.29 bits per heavy atom. The zero-order valence-electron chi connectivity index (χ0n) is 8.05. The number of rotatable bonds is 0. The number of aromatic nitrogens is 1. The van der Waals surface area contributed by atoms with Gasteiger partial charge in [0.1, 0.15) is 0 Å². The lowest BCUT2D eigenvalue weighted by Gasteiger charge is -1.96. The Morgan fingerprint density at radius 2 is 2.14 bits per heavy atom. The number of Topliss-reactive ketones (excluding diaryl/α,β-unsaturated/α-hetero) is 1. The molecule has 0 saturated carbocycles. The van der Waals surface area contributed by atoms with Crippen LogP contribution in [0.5, 0.6) is 0 Å². The standard InChI is InChI=1S/C12H11NO/c1-7-3-2-4-8-11-9(13-12(7)8)5-6-10(11)14/h2-4,13H,5-6H2,1H3. The Bertz CT molecular complexity index is 536. The number of carbonyl (C=O) groups is 1. The van der Waals surface area contributed by atoms with Gasteiger partial charge >= 0.3 is 0 Å². The number of fused-ring (bicyclic) bond motifs is 3. The molecule has 0 fully saturated rings. The highest BCUT2D eigenvalue weighted by molar-refractivity contribution is 6.11. The maximum atomic E-state index is 11.6. The van der Waals surface area contributed by atoms with E-state index in [0.717, 1.165) is 28.6 Å². The second kappa shape index (κ2) is 2.47. The molecule has 1 aromatic heterocycles. The second-order valence-corrected chi connectivity index (χ2v) is 3.90. The van der Waals surface area contributed by atoms with Crippen LogP contribution in [0.2, 0.25) is 0 Å². The quantitative estimate of drug-likeness (QED) is 0.672. The molecule has 0 amide bonds. The summed E-state index contributed by atoms with van der Waals surface area (Å²) < 4.78 is 0. The van der Waals surface area contributed by atoms with Crippen molar-refractivity contribution in [2.45, 2.75) is 19.8 Å². The molecule has 0 atom stereocenters. The molecule has 1 N–H and O–H groups in total. The first-order valence-corrected chi connectivity index (χ1v) is 4.91. The fourth-order valence-corrected chi connectivity index (χ4v) is 2.29. The number of benzene rings is 1. The molecule has 2 nitrogen and oxygen atoms in total. The number of aromatic amines is 1. The van der Waals surface area contributed by atoms with E-state index in [0.29, 0.717) is 6.42 Å². The highest BCUT2D eigenvalue weighted by atomic mass is 16.1. The van der Waals surface area contributed by atoms with Crippen molar-refractivity contribution >= 4 is 16.7 Å². The van der Waals surface area contributed by atoms with Gasteiger partial charge in [-0.3, -0.25) is 4.79 Å². The van der Waals surface area contributed by atoms with E-state index < -0.39 is 0 Å². The molecular formula is C12H11NO. The van der Waals surface area contributed by atoms with E-state index in [1.54, 1.807) is 0 Å². The summed E-state index contributed by atoms with van der Waals surface area (Å²) in [5, 5.41) is 1.10. The minimum absolute atomic E-state index is 0.289. The maximum absolute atomic E-state index is 11.6. The summed E-state index contributed by atoms with van der Waals surface area (Å²) in [6.45, 7) is 2.07. The van der Waals surface area contributed by atoms with Gasteiger partial charge in [0.2, 0.25) is 0 Å². The third-order valence-corrected chi connectivity index (χ3v) is 3.00. The number of carbonyl (C=O) groups excluding carboxylic acids is 1. The molecule has 1 aliphatic rings. The number of H-pyrrole nitrogens is 1. The zero-order valence-corrected chi connectivity index (χ0v) is 8.05. The predicted octanol–water partition coefficient (Wildman–Crippen LogP) is 2.61. The maximum Gasteiger partial charge on any atom is 0.165 e. The molecule has 0 saturated heterocycles. The molecule has 0 aliphatic heterocycles. The normalized spacial score (nSPS) is 15.1. The number of ketones is 1. The van der Waals surface area contributed by atoms with Crippen LogP contribution in [0.4, 0.5) is 0 Å². The first-order chi connectivity index (χ1) is 6.77. The van der Waals surface area contributed by atoms with Crippen molar-refractivity contribution in [2.24, 2.45) is 0 Å². The van der Waals surface area contributed by atoms with Gasteiger partial charge in [0.15, 0.2) is 5.78 Å². The number of aryl methyl sites for hydroxylation is 2. The highest BCUT2D eigenvalue weighted by Crippen LogP contribution is 2.31. The van der Waals surface area contributed by atoms with Crippen LogP contribution in [0.3, 0.4) is 0 Å². The Labute approximate surface area is 81.9 Å². The van der Waals surface area contributed by atoms with Crippen molar-refractivity contribution in [3.8, 4) is 0 Å². The van der Waals surface area contributed by atoms with Gasteiger partial charge in [-0.05, 0) is 18.9 Å². The highest BCUT2D eigenvalue weighted by Gasteiger charge is 2.24. The third kappa shape index (κ3) is 0.830. The summed E-state index contributed by atoms with van der Waals surface area (Å²) >= 11 is 0. The van der Waals surface area contributed by atoms with Crippen LogP contribution in [0.1, 0.15) is 28.0 Å². The summed E-state index contributed by atoms with van der Waals surface area (Å²) in [5.41, 5.74) is 4.40. The van der Waals surface area contributed by atoms with E-state index in [9.17, 15) is 4.79 Å². The fraction of sp³-hybridized carbons (Fsp3) is 0.250. The lowest BCUT2D eigenvalue weighted by Crippen LogP contribution is -1.89. The van der Waals surface area contributed by atoms with Crippen LogP contribution < -0.4 is 0 Å². The minimum Gasteiger partial charge on any atom is -0.358 e. The molecule has 3 rings (SSSR count). The van der Waals surface area contributed by atoms with E-state index in [2.05, 4.69) is 18.0 Å². The van der Waals surface area contributed by atoms with Crippen molar-refractivity contribution in [1.29, 1.82) is 0 Å². The van der Waals surface area contributed by atoms with E-state index >= 15 is 0 Å². The third-order valence-electron chi connectivity index (χ3n) is 3.00.